The van der Waals surface area contributed by atoms with Gasteiger partial charge >= 0.3 is 0 Å². The summed E-state index contributed by atoms with van der Waals surface area (Å²) in [5, 5.41) is 0.333. The molecule has 0 radical (unpaired) electrons. The molecule has 2 atom stereocenters. The number of hydrogen-bond donors (Lipinski definition) is 1. The predicted octanol–water partition coefficient (Wildman–Crippen LogP) is 2.36. The van der Waals surface area contributed by atoms with Crippen molar-refractivity contribution in [3.8, 4) is 0 Å². The zero-order valence-electron chi connectivity index (χ0n) is 7.99. The monoisotopic (exact) mass is 181 g/mol. The summed E-state index contributed by atoms with van der Waals surface area (Å²) in [6, 6.07) is 0. The first kappa shape index (κ1) is 9.91. The lowest BCUT2D eigenvalue weighted by Crippen LogP contribution is -2.25. The van der Waals surface area contributed by atoms with Crippen molar-refractivity contribution in [2.75, 3.05) is 0 Å². The molecule has 0 saturated heterocycles. The lowest BCUT2D eigenvalue weighted by atomic mass is 9.60. The quantitative estimate of drug-likeness (QED) is 0.381. The SMILES string of the molecule is C=C(C(C)C)C1C=NB(C)C1S. The molecule has 0 aromatic rings. The van der Waals surface area contributed by atoms with Crippen LogP contribution >= 0.6 is 12.6 Å². The third kappa shape index (κ3) is 1.76. The lowest BCUT2D eigenvalue weighted by molar-refractivity contribution is 0.689. The second kappa shape index (κ2) is 3.69. The van der Waals surface area contributed by atoms with Crippen LogP contribution in [0.5, 0.6) is 0 Å². The second-order valence-corrected chi connectivity index (χ2v) is 4.38. The third-order valence-electron chi connectivity index (χ3n) is 2.51. The molecule has 0 N–H and O–H groups in total. The van der Waals surface area contributed by atoms with E-state index < -0.39 is 0 Å². The Kier molecular flexibility index (Phi) is 3.05. The maximum absolute atomic E-state index is 4.53. The largest absolute Gasteiger partial charge is 0.351 e. The maximum Gasteiger partial charge on any atom is 0.289 e. The maximum atomic E-state index is 4.53. The van der Waals surface area contributed by atoms with Crippen LogP contribution in [0.2, 0.25) is 6.82 Å². The third-order valence-corrected chi connectivity index (χ3v) is 3.27. The minimum Gasteiger partial charge on any atom is -0.351 e. The Hall–Kier alpha value is -0.175. The van der Waals surface area contributed by atoms with Crippen LogP contribution in [0.3, 0.4) is 0 Å². The molecular formula is C9H16BNS. The summed E-state index contributed by atoms with van der Waals surface area (Å²) in [5.41, 5.74) is 1.25. The molecule has 0 bridgehead atoms. The Labute approximate surface area is 80.9 Å². The van der Waals surface area contributed by atoms with Crippen molar-refractivity contribution >= 4 is 25.7 Å². The Morgan fingerprint density at radius 2 is 2.25 bits per heavy atom. The van der Waals surface area contributed by atoms with E-state index in [2.05, 4.69) is 44.8 Å². The second-order valence-electron chi connectivity index (χ2n) is 3.78. The van der Waals surface area contributed by atoms with E-state index in [1.165, 1.54) is 5.57 Å². The van der Waals surface area contributed by atoms with Gasteiger partial charge in [0.1, 0.15) is 0 Å². The Bertz CT molecular complexity index is 213. The van der Waals surface area contributed by atoms with Crippen LogP contribution in [0, 0.1) is 11.8 Å². The molecule has 0 aliphatic carbocycles. The molecule has 1 rings (SSSR count). The molecule has 2 unspecified atom stereocenters. The smallest absolute Gasteiger partial charge is 0.289 e. The van der Waals surface area contributed by atoms with Gasteiger partial charge in [0.15, 0.2) is 0 Å². The van der Waals surface area contributed by atoms with Crippen LogP contribution in [0.4, 0.5) is 0 Å². The molecule has 0 aromatic carbocycles. The van der Waals surface area contributed by atoms with Gasteiger partial charge in [0.05, 0.1) is 0 Å². The number of nitrogens with zero attached hydrogens (tertiary/aromatic N) is 1. The van der Waals surface area contributed by atoms with Gasteiger partial charge in [-0.1, -0.05) is 32.8 Å². The Morgan fingerprint density at radius 3 is 2.58 bits per heavy atom. The molecule has 3 heteroatoms. The fourth-order valence-electron chi connectivity index (χ4n) is 1.40. The van der Waals surface area contributed by atoms with Crippen LogP contribution in [0.1, 0.15) is 13.8 Å². The average Bonchev–Trinajstić information content (AvgIpc) is 2.32. The van der Waals surface area contributed by atoms with Crippen LogP contribution in [0.15, 0.2) is 17.1 Å². The highest BCUT2D eigenvalue weighted by atomic mass is 32.1. The minimum absolute atomic E-state index is 0.333. The van der Waals surface area contributed by atoms with Gasteiger partial charge in [0.2, 0.25) is 0 Å². The highest BCUT2D eigenvalue weighted by Crippen LogP contribution is 2.28. The molecule has 66 valence electrons. The summed E-state index contributed by atoms with van der Waals surface area (Å²) in [6.45, 7) is 10.9. The van der Waals surface area contributed by atoms with Crippen molar-refractivity contribution in [3.05, 3.63) is 12.2 Å². The fourth-order valence-corrected chi connectivity index (χ4v) is 1.75. The minimum atomic E-state index is 0.333. The van der Waals surface area contributed by atoms with E-state index in [1.54, 1.807) is 0 Å². The van der Waals surface area contributed by atoms with Crippen molar-refractivity contribution in [1.82, 2.24) is 0 Å². The van der Waals surface area contributed by atoms with Crippen LogP contribution in [-0.4, -0.2) is 18.2 Å². The molecule has 0 aromatic heterocycles. The molecule has 12 heavy (non-hydrogen) atoms. The summed E-state index contributed by atoms with van der Waals surface area (Å²) in [4.78, 5) is 4.34. The molecule has 1 aliphatic heterocycles. The number of allylic oxidation sites excluding steroid dienone is 1. The van der Waals surface area contributed by atoms with Crippen molar-refractivity contribution in [2.24, 2.45) is 16.7 Å². The van der Waals surface area contributed by atoms with E-state index in [9.17, 15) is 0 Å². The Morgan fingerprint density at radius 1 is 1.67 bits per heavy atom. The van der Waals surface area contributed by atoms with E-state index in [0.29, 0.717) is 23.8 Å². The highest BCUT2D eigenvalue weighted by molar-refractivity contribution is 7.83. The molecule has 1 heterocycles. The summed E-state index contributed by atoms with van der Waals surface area (Å²) >= 11 is 4.53. The van der Waals surface area contributed by atoms with Gasteiger partial charge in [-0.05, 0) is 12.1 Å². The van der Waals surface area contributed by atoms with Crippen LogP contribution < -0.4 is 0 Å². The summed E-state index contributed by atoms with van der Waals surface area (Å²) in [7, 11) is 0. The fraction of sp³-hybridized carbons (Fsp3) is 0.667. The first-order valence-corrected chi connectivity index (χ1v) is 4.95. The van der Waals surface area contributed by atoms with Crippen LogP contribution in [0.25, 0.3) is 0 Å². The van der Waals surface area contributed by atoms with Crippen molar-refractivity contribution in [3.63, 3.8) is 0 Å². The van der Waals surface area contributed by atoms with Crippen molar-refractivity contribution in [1.29, 1.82) is 0 Å². The van der Waals surface area contributed by atoms with E-state index in [1.807, 2.05) is 6.21 Å². The summed E-state index contributed by atoms with van der Waals surface area (Å²) in [6.07, 6.45) is 2.00. The van der Waals surface area contributed by atoms with Gasteiger partial charge in [-0.3, -0.25) is 0 Å². The average molecular weight is 181 g/mol. The molecule has 1 nitrogen and oxygen atoms in total. The lowest BCUT2D eigenvalue weighted by Gasteiger charge is -2.19. The van der Waals surface area contributed by atoms with Crippen LogP contribution in [-0.2, 0) is 0 Å². The normalized spacial score (nSPS) is 28.6. The first-order chi connectivity index (χ1) is 5.54. The Balaban J connectivity index is 2.66. The standard InChI is InChI=1S/C9H16BNS/c1-6(2)7(3)8-5-11-10(4)9(8)12/h5-6,8-9,12H,3H2,1-2,4H3. The van der Waals surface area contributed by atoms with Gasteiger partial charge < -0.3 is 4.90 Å². The molecule has 0 spiro atoms. The summed E-state index contributed by atoms with van der Waals surface area (Å²) < 4.78 is 0. The highest BCUT2D eigenvalue weighted by Gasteiger charge is 2.32. The van der Waals surface area contributed by atoms with E-state index in [-0.39, 0.29) is 0 Å². The van der Waals surface area contributed by atoms with Gasteiger partial charge in [-0.15, -0.1) is 0 Å². The van der Waals surface area contributed by atoms with E-state index in [4.69, 9.17) is 0 Å². The van der Waals surface area contributed by atoms with Gasteiger partial charge in [-0.25, -0.2) is 0 Å². The topological polar surface area (TPSA) is 12.4 Å². The number of thiol groups is 1. The van der Waals surface area contributed by atoms with Crippen molar-refractivity contribution in [2.45, 2.75) is 25.8 Å². The first-order valence-electron chi connectivity index (χ1n) is 4.44. The molecule has 0 saturated carbocycles. The van der Waals surface area contributed by atoms with Gasteiger partial charge in [-0.2, -0.15) is 12.6 Å². The van der Waals surface area contributed by atoms with Crippen molar-refractivity contribution < 1.29 is 0 Å². The summed E-state index contributed by atoms with van der Waals surface area (Å²) in [5.74, 6) is 0.907. The molecule has 0 fully saturated rings. The number of hydrogen-bond acceptors (Lipinski definition) is 2. The zero-order chi connectivity index (χ0) is 9.30. The molecule has 0 amide bonds. The van der Waals surface area contributed by atoms with Gasteiger partial charge in [0, 0.05) is 11.1 Å². The van der Waals surface area contributed by atoms with E-state index in [0.717, 1.165) is 0 Å². The number of rotatable bonds is 2. The van der Waals surface area contributed by atoms with E-state index >= 15 is 0 Å². The zero-order valence-corrected chi connectivity index (χ0v) is 8.88. The molecular weight excluding hydrogens is 165 g/mol. The predicted molar refractivity (Wildman–Crippen MR) is 60.4 cm³/mol. The molecule has 1 aliphatic rings. The van der Waals surface area contributed by atoms with Gasteiger partial charge in [0.25, 0.3) is 6.85 Å².